The van der Waals surface area contributed by atoms with Gasteiger partial charge in [0.25, 0.3) is 0 Å². The molecule has 0 saturated carbocycles. The fourth-order valence-corrected chi connectivity index (χ4v) is 3.81. The van der Waals surface area contributed by atoms with E-state index in [9.17, 15) is 4.79 Å². The molecule has 0 atom stereocenters. The molecule has 1 aliphatic heterocycles. The lowest BCUT2D eigenvalue weighted by Gasteiger charge is -2.39. The van der Waals surface area contributed by atoms with Gasteiger partial charge < -0.3 is 9.64 Å². The van der Waals surface area contributed by atoms with E-state index in [4.69, 9.17) is 16.3 Å². The lowest BCUT2D eigenvalue weighted by atomic mass is 9.73. The highest BCUT2D eigenvalue weighted by atomic mass is 79.9. The number of ether oxygens (including phenoxy) is 1. The fourth-order valence-electron chi connectivity index (χ4n) is 3.42. The molecule has 1 heterocycles. The summed E-state index contributed by atoms with van der Waals surface area (Å²) in [6.07, 6.45) is 1.41. The Labute approximate surface area is 162 Å². The van der Waals surface area contributed by atoms with Crippen LogP contribution in [0.3, 0.4) is 0 Å². The Morgan fingerprint density at radius 3 is 2.32 bits per heavy atom. The van der Waals surface area contributed by atoms with Gasteiger partial charge in [0, 0.05) is 36.3 Å². The first kappa shape index (κ1) is 18.4. The van der Waals surface area contributed by atoms with E-state index in [-0.39, 0.29) is 5.91 Å². The van der Waals surface area contributed by atoms with Crippen LogP contribution in [0.4, 0.5) is 0 Å². The van der Waals surface area contributed by atoms with Gasteiger partial charge in [-0.1, -0.05) is 51.8 Å². The molecule has 1 fully saturated rings. The van der Waals surface area contributed by atoms with Gasteiger partial charge in [0.15, 0.2) is 0 Å². The molecule has 0 N–H and O–H groups in total. The number of halogens is 2. The molecule has 25 heavy (non-hydrogen) atoms. The summed E-state index contributed by atoms with van der Waals surface area (Å²) >= 11 is 9.42. The zero-order chi connectivity index (χ0) is 17.9. The molecule has 0 spiro atoms. The Balaban J connectivity index is 1.86. The highest BCUT2D eigenvalue weighted by Gasteiger charge is 2.43. The molecule has 0 aromatic heterocycles. The number of amides is 1. The predicted octanol–water partition coefficient (Wildman–Crippen LogP) is 4.81. The maximum atomic E-state index is 13.4. The van der Waals surface area contributed by atoms with Crippen molar-refractivity contribution in [2.45, 2.75) is 24.8 Å². The molecule has 0 unspecified atom stereocenters. The largest absolute Gasteiger partial charge is 0.381 e. The van der Waals surface area contributed by atoms with Crippen LogP contribution < -0.4 is 0 Å². The summed E-state index contributed by atoms with van der Waals surface area (Å²) in [4.78, 5) is 15.2. The normalized spacial score (nSPS) is 16.4. The molecule has 3 nitrogen and oxygen atoms in total. The molecule has 5 heteroatoms. The topological polar surface area (TPSA) is 29.5 Å². The summed E-state index contributed by atoms with van der Waals surface area (Å²) in [6.45, 7) is 1.78. The average Bonchev–Trinajstić information content (AvgIpc) is 2.64. The lowest BCUT2D eigenvalue weighted by molar-refractivity contribution is -0.140. The first-order valence-corrected chi connectivity index (χ1v) is 9.52. The van der Waals surface area contributed by atoms with Crippen molar-refractivity contribution in [1.29, 1.82) is 0 Å². The summed E-state index contributed by atoms with van der Waals surface area (Å²) in [5, 5.41) is 0.702. The minimum absolute atomic E-state index is 0.146. The lowest BCUT2D eigenvalue weighted by Crippen LogP contribution is -2.48. The van der Waals surface area contributed by atoms with Crippen LogP contribution in [0.25, 0.3) is 0 Å². The maximum absolute atomic E-state index is 13.4. The zero-order valence-corrected chi connectivity index (χ0v) is 16.5. The van der Waals surface area contributed by atoms with Crippen LogP contribution in [0.5, 0.6) is 0 Å². The van der Waals surface area contributed by atoms with Crippen molar-refractivity contribution >= 4 is 33.4 Å². The molecule has 2 aromatic carbocycles. The van der Waals surface area contributed by atoms with E-state index in [0.717, 1.165) is 15.6 Å². The van der Waals surface area contributed by atoms with E-state index in [1.165, 1.54) is 0 Å². The molecule has 1 aliphatic rings. The van der Waals surface area contributed by atoms with Crippen LogP contribution in [0.1, 0.15) is 24.0 Å². The van der Waals surface area contributed by atoms with Gasteiger partial charge in [0.1, 0.15) is 0 Å². The van der Waals surface area contributed by atoms with Crippen LogP contribution >= 0.6 is 27.5 Å². The Kier molecular flexibility index (Phi) is 5.82. The van der Waals surface area contributed by atoms with Crippen molar-refractivity contribution in [3.8, 4) is 0 Å². The third-order valence-electron chi connectivity index (χ3n) is 4.83. The summed E-state index contributed by atoms with van der Waals surface area (Å²) in [5.41, 5.74) is 1.62. The fraction of sp³-hybridized carbons (Fsp3) is 0.350. The minimum Gasteiger partial charge on any atom is -0.381 e. The van der Waals surface area contributed by atoms with Crippen molar-refractivity contribution < 1.29 is 9.53 Å². The van der Waals surface area contributed by atoms with Crippen LogP contribution in [0, 0.1) is 0 Å². The second-order valence-electron chi connectivity index (χ2n) is 6.49. The van der Waals surface area contributed by atoms with E-state index in [0.29, 0.717) is 37.6 Å². The van der Waals surface area contributed by atoms with E-state index in [1.54, 1.807) is 0 Å². The second kappa shape index (κ2) is 7.90. The van der Waals surface area contributed by atoms with Gasteiger partial charge in [0.2, 0.25) is 5.91 Å². The SMILES string of the molecule is CN(Cc1ccc(Cl)cc1)C(=O)C1(c2ccc(Br)cc2)CCOCC1. The molecule has 132 valence electrons. The Hall–Kier alpha value is -1.36. The van der Waals surface area contributed by atoms with Gasteiger partial charge >= 0.3 is 0 Å². The molecule has 1 amide bonds. The number of rotatable bonds is 4. The van der Waals surface area contributed by atoms with Gasteiger partial charge in [-0.05, 0) is 48.2 Å². The summed E-state index contributed by atoms with van der Waals surface area (Å²) in [7, 11) is 1.87. The molecule has 3 rings (SSSR count). The van der Waals surface area contributed by atoms with Gasteiger partial charge in [-0.25, -0.2) is 0 Å². The Bertz CT molecular complexity index is 724. The standard InChI is InChI=1S/C20H21BrClNO2/c1-23(14-15-2-8-18(22)9-3-15)19(24)20(10-12-25-13-11-20)16-4-6-17(21)7-5-16/h2-9H,10-14H2,1H3. The predicted molar refractivity (Wildman–Crippen MR) is 104 cm³/mol. The smallest absolute Gasteiger partial charge is 0.233 e. The van der Waals surface area contributed by atoms with Gasteiger partial charge in [-0.2, -0.15) is 0 Å². The molecule has 0 bridgehead atoms. The van der Waals surface area contributed by atoms with E-state index in [2.05, 4.69) is 15.9 Å². The van der Waals surface area contributed by atoms with Gasteiger partial charge in [-0.15, -0.1) is 0 Å². The highest BCUT2D eigenvalue weighted by Crippen LogP contribution is 2.37. The molecular formula is C20H21BrClNO2. The molecule has 2 aromatic rings. The Morgan fingerprint density at radius 1 is 1.12 bits per heavy atom. The van der Waals surface area contributed by atoms with Crippen molar-refractivity contribution in [3.63, 3.8) is 0 Å². The molecule has 1 saturated heterocycles. The average molecular weight is 423 g/mol. The van der Waals surface area contributed by atoms with Crippen molar-refractivity contribution in [3.05, 3.63) is 69.2 Å². The number of likely N-dealkylation sites (N-methyl/N-ethyl adjacent to an activating group) is 1. The minimum atomic E-state index is -0.514. The Morgan fingerprint density at radius 2 is 1.72 bits per heavy atom. The van der Waals surface area contributed by atoms with E-state index in [1.807, 2.05) is 60.5 Å². The summed E-state index contributed by atoms with van der Waals surface area (Å²) in [6, 6.07) is 15.7. The third-order valence-corrected chi connectivity index (χ3v) is 5.61. The number of hydrogen-bond donors (Lipinski definition) is 0. The van der Waals surface area contributed by atoms with Crippen LogP contribution in [-0.4, -0.2) is 31.1 Å². The monoisotopic (exact) mass is 421 g/mol. The number of benzene rings is 2. The van der Waals surface area contributed by atoms with Crippen molar-refractivity contribution in [2.24, 2.45) is 0 Å². The van der Waals surface area contributed by atoms with Crippen molar-refractivity contribution in [2.75, 3.05) is 20.3 Å². The zero-order valence-electron chi connectivity index (χ0n) is 14.2. The van der Waals surface area contributed by atoms with Crippen LogP contribution in [-0.2, 0) is 21.5 Å². The van der Waals surface area contributed by atoms with Crippen molar-refractivity contribution in [1.82, 2.24) is 4.90 Å². The molecule has 0 aliphatic carbocycles. The number of nitrogens with zero attached hydrogens (tertiary/aromatic N) is 1. The second-order valence-corrected chi connectivity index (χ2v) is 7.84. The summed E-state index contributed by atoms with van der Waals surface area (Å²) in [5.74, 6) is 0.146. The van der Waals surface area contributed by atoms with E-state index >= 15 is 0 Å². The quantitative estimate of drug-likeness (QED) is 0.707. The highest BCUT2D eigenvalue weighted by molar-refractivity contribution is 9.10. The van der Waals surface area contributed by atoms with Crippen LogP contribution in [0.15, 0.2) is 53.0 Å². The number of hydrogen-bond acceptors (Lipinski definition) is 2. The summed E-state index contributed by atoms with van der Waals surface area (Å²) < 4.78 is 6.55. The number of carbonyl (C=O) groups is 1. The van der Waals surface area contributed by atoms with E-state index < -0.39 is 5.41 Å². The third kappa shape index (κ3) is 4.08. The molecule has 0 radical (unpaired) electrons. The van der Waals surface area contributed by atoms with Gasteiger partial charge in [0.05, 0.1) is 5.41 Å². The van der Waals surface area contributed by atoms with Crippen LogP contribution in [0.2, 0.25) is 5.02 Å². The molecular weight excluding hydrogens is 402 g/mol. The first-order chi connectivity index (χ1) is 12.0. The number of carbonyl (C=O) groups excluding carboxylic acids is 1. The maximum Gasteiger partial charge on any atom is 0.233 e. The van der Waals surface area contributed by atoms with Gasteiger partial charge in [-0.3, -0.25) is 4.79 Å². The first-order valence-electron chi connectivity index (χ1n) is 8.35.